The minimum Gasteiger partial charge on any atom is -0.369 e. The molecule has 0 fully saturated rings. The number of rotatable bonds is 4. The molecule has 1 aliphatic heterocycles. The first-order chi connectivity index (χ1) is 11.4. The van der Waals surface area contributed by atoms with E-state index in [1.165, 1.54) is 26.1 Å². The van der Waals surface area contributed by atoms with Crippen LogP contribution in [0.25, 0.3) is 10.8 Å². The topological polar surface area (TPSA) is 24.4 Å². The van der Waals surface area contributed by atoms with Crippen LogP contribution in [0.2, 0.25) is 0 Å². The molecule has 2 heterocycles. The lowest BCUT2D eigenvalue weighted by molar-refractivity contribution is 0.743. The molecule has 1 aromatic heterocycles. The van der Waals surface area contributed by atoms with Gasteiger partial charge in [-0.1, -0.05) is 36.4 Å². The molecule has 0 atom stereocenters. The minimum atomic E-state index is 0.941. The second-order valence-electron chi connectivity index (χ2n) is 5.55. The van der Waals surface area contributed by atoms with Crippen molar-refractivity contribution in [1.29, 1.82) is 0 Å². The highest BCUT2D eigenvalue weighted by Gasteiger charge is 2.13. The first-order valence-electron chi connectivity index (χ1n) is 7.87. The van der Waals surface area contributed by atoms with Gasteiger partial charge in [-0.3, -0.25) is 4.99 Å². The Labute approximate surface area is 144 Å². The summed E-state index contributed by atoms with van der Waals surface area (Å²) in [6.07, 6.45) is 1.13. The Kier molecular flexibility index (Phi) is 4.35. The third kappa shape index (κ3) is 3.14. The number of aliphatic imine (C=N–C) groups is 1. The maximum absolute atomic E-state index is 4.64. The predicted octanol–water partition coefficient (Wildman–Crippen LogP) is 4.93. The van der Waals surface area contributed by atoms with E-state index in [9.17, 15) is 0 Å². The lowest BCUT2D eigenvalue weighted by atomic mass is 10.1. The number of thioether (sulfide) groups is 1. The fourth-order valence-electron chi connectivity index (χ4n) is 2.82. The number of fused-ring (bicyclic) bond motifs is 1. The highest BCUT2D eigenvalue weighted by Crippen LogP contribution is 2.32. The van der Waals surface area contributed by atoms with Crippen LogP contribution in [0.1, 0.15) is 16.9 Å². The number of hydrogen-bond donors (Lipinski definition) is 1. The van der Waals surface area contributed by atoms with Crippen molar-refractivity contribution in [3.8, 4) is 0 Å². The van der Waals surface area contributed by atoms with Gasteiger partial charge in [0, 0.05) is 23.7 Å². The number of nitrogens with one attached hydrogen (secondary N) is 1. The van der Waals surface area contributed by atoms with Gasteiger partial charge in [0.25, 0.3) is 0 Å². The maximum Gasteiger partial charge on any atom is 0.138 e. The second-order valence-corrected chi connectivity index (χ2v) is 7.48. The molecule has 0 bridgehead atoms. The molecule has 2 aromatic carbocycles. The monoisotopic (exact) mass is 338 g/mol. The van der Waals surface area contributed by atoms with Gasteiger partial charge in [-0.05, 0) is 40.3 Å². The van der Waals surface area contributed by atoms with E-state index in [0.717, 1.165) is 31.1 Å². The zero-order valence-electron chi connectivity index (χ0n) is 12.8. The smallest absolute Gasteiger partial charge is 0.138 e. The number of hydrogen-bond acceptors (Lipinski definition) is 4. The van der Waals surface area contributed by atoms with Crippen molar-refractivity contribution in [2.75, 3.05) is 13.1 Å². The van der Waals surface area contributed by atoms with Gasteiger partial charge >= 0.3 is 0 Å². The van der Waals surface area contributed by atoms with Crippen LogP contribution in [0.3, 0.4) is 0 Å². The average molecular weight is 339 g/mol. The van der Waals surface area contributed by atoms with E-state index < -0.39 is 0 Å². The minimum absolute atomic E-state index is 0.941. The lowest BCUT2D eigenvalue weighted by Crippen LogP contribution is -2.30. The van der Waals surface area contributed by atoms with Gasteiger partial charge in [0.1, 0.15) is 5.84 Å². The Hall–Kier alpha value is -1.78. The molecule has 1 N–H and O–H groups in total. The molecule has 2 nitrogen and oxygen atoms in total. The summed E-state index contributed by atoms with van der Waals surface area (Å²) in [5.41, 5.74) is 1.38. The number of amidine groups is 1. The average Bonchev–Trinajstić information content (AvgIpc) is 3.09. The van der Waals surface area contributed by atoms with Crippen LogP contribution >= 0.6 is 23.1 Å². The lowest BCUT2D eigenvalue weighted by Gasteiger charge is -2.15. The summed E-state index contributed by atoms with van der Waals surface area (Å²) in [4.78, 5) is 7.29. The zero-order valence-corrected chi connectivity index (χ0v) is 14.4. The van der Waals surface area contributed by atoms with Gasteiger partial charge < -0.3 is 5.32 Å². The van der Waals surface area contributed by atoms with E-state index in [-0.39, 0.29) is 0 Å². The van der Waals surface area contributed by atoms with E-state index in [1.54, 1.807) is 11.3 Å². The normalized spacial score (nSPS) is 14.5. The first-order valence-corrected chi connectivity index (χ1v) is 9.74. The molecule has 0 saturated carbocycles. The van der Waals surface area contributed by atoms with Crippen molar-refractivity contribution in [2.24, 2.45) is 4.99 Å². The maximum atomic E-state index is 4.64. The van der Waals surface area contributed by atoms with E-state index in [4.69, 9.17) is 0 Å². The Balaban J connectivity index is 1.58. The van der Waals surface area contributed by atoms with Crippen molar-refractivity contribution in [1.82, 2.24) is 5.32 Å². The van der Waals surface area contributed by atoms with Gasteiger partial charge in [0.05, 0.1) is 4.88 Å². The Morgan fingerprint density at radius 1 is 1.09 bits per heavy atom. The predicted molar refractivity (Wildman–Crippen MR) is 102 cm³/mol. The largest absolute Gasteiger partial charge is 0.369 e. The van der Waals surface area contributed by atoms with Crippen molar-refractivity contribution in [3.63, 3.8) is 0 Å². The van der Waals surface area contributed by atoms with Crippen molar-refractivity contribution < 1.29 is 0 Å². The van der Waals surface area contributed by atoms with Gasteiger partial charge in [-0.15, -0.1) is 23.1 Å². The zero-order chi connectivity index (χ0) is 15.5. The summed E-state index contributed by atoms with van der Waals surface area (Å²) in [6, 6.07) is 17.4. The Morgan fingerprint density at radius 2 is 2.00 bits per heavy atom. The summed E-state index contributed by atoms with van der Waals surface area (Å²) in [5, 5.41) is 8.26. The van der Waals surface area contributed by atoms with E-state index >= 15 is 0 Å². The molecule has 0 amide bonds. The van der Waals surface area contributed by atoms with Crippen molar-refractivity contribution in [2.45, 2.75) is 17.1 Å². The van der Waals surface area contributed by atoms with Crippen LogP contribution in [0.5, 0.6) is 0 Å². The molecule has 0 saturated heterocycles. The van der Waals surface area contributed by atoms with Gasteiger partial charge in [-0.25, -0.2) is 0 Å². The third-order valence-corrected chi connectivity index (χ3v) is 6.08. The second kappa shape index (κ2) is 6.77. The quantitative estimate of drug-likeness (QED) is 0.682. The summed E-state index contributed by atoms with van der Waals surface area (Å²) in [6.45, 7) is 1.97. The van der Waals surface area contributed by atoms with Crippen LogP contribution in [0.4, 0.5) is 0 Å². The molecule has 0 spiro atoms. The number of benzene rings is 2. The Morgan fingerprint density at radius 3 is 2.91 bits per heavy atom. The van der Waals surface area contributed by atoms with Crippen LogP contribution < -0.4 is 5.32 Å². The molecule has 3 aromatic rings. The summed E-state index contributed by atoms with van der Waals surface area (Å²) < 4.78 is 0. The molecule has 0 unspecified atom stereocenters. The van der Waals surface area contributed by atoms with Gasteiger partial charge in [-0.2, -0.15) is 0 Å². The molecule has 4 rings (SSSR count). The fraction of sp³-hybridized carbons (Fsp3) is 0.211. The van der Waals surface area contributed by atoms with Gasteiger partial charge in [0.15, 0.2) is 0 Å². The summed E-state index contributed by atoms with van der Waals surface area (Å²) in [7, 11) is 0. The molecular formula is C19H18N2S2. The SMILES string of the molecule is c1ccc2c(SCc3ccsc3C3=NCCCN3)cccc2c1. The molecular weight excluding hydrogens is 320 g/mol. The van der Waals surface area contributed by atoms with E-state index in [2.05, 4.69) is 64.2 Å². The first kappa shape index (κ1) is 14.8. The van der Waals surface area contributed by atoms with Crippen molar-refractivity contribution >= 4 is 39.7 Å². The molecule has 23 heavy (non-hydrogen) atoms. The molecule has 116 valence electrons. The number of thiophene rings is 1. The molecule has 0 radical (unpaired) electrons. The fourth-order valence-corrected chi connectivity index (χ4v) is 4.89. The van der Waals surface area contributed by atoms with Gasteiger partial charge in [0.2, 0.25) is 0 Å². The van der Waals surface area contributed by atoms with Crippen LogP contribution in [-0.2, 0) is 5.75 Å². The number of nitrogens with zero attached hydrogens (tertiary/aromatic N) is 1. The highest BCUT2D eigenvalue weighted by molar-refractivity contribution is 7.98. The Bertz CT molecular complexity index is 846. The van der Waals surface area contributed by atoms with Crippen LogP contribution in [0.15, 0.2) is 63.8 Å². The third-order valence-electron chi connectivity index (χ3n) is 3.99. The van der Waals surface area contributed by atoms with Crippen LogP contribution in [0, 0.1) is 0 Å². The molecule has 4 heteroatoms. The van der Waals surface area contributed by atoms with E-state index in [1.807, 2.05) is 11.8 Å². The summed E-state index contributed by atoms with van der Waals surface area (Å²) >= 11 is 3.70. The molecule has 0 aliphatic carbocycles. The van der Waals surface area contributed by atoms with Crippen LogP contribution in [-0.4, -0.2) is 18.9 Å². The highest BCUT2D eigenvalue weighted by atomic mass is 32.2. The van der Waals surface area contributed by atoms with Crippen molar-refractivity contribution in [3.05, 3.63) is 64.4 Å². The summed E-state index contributed by atoms with van der Waals surface area (Å²) in [5.74, 6) is 2.06. The standard InChI is InChI=1S/C19H18N2S2/c1-2-7-16-14(5-1)6-3-8-17(16)23-13-15-9-12-22-18(15)19-20-10-4-11-21-19/h1-3,5-9,12H,4,10-11,13H2,(H,20,21). The van der Waals surface area contributed by atoms with E-state index in [0.29, 0.717) is 0 Å². The molecule has 1 aliphatic rings.